The van der Waals surface area contributed by atoms with Gasteiger partial charge >= 0.3 is 12.1 Å². The maximum atomic E-state index is 13.5. The smallest absolute Gasteiger partial charge is 0.417 e. The first-order chi connectivity index (χ1) is 16.0. The SMILES string of the molecule is Cc1ccc(C(=O)CCc2sc(-c3ccccc3C(F)(F)F)nc2C(C)C)cc1OCC(=O)O. The predicted molar refractivity (Wildman–Crippen MR) is 124 cm³/mol. The molecule has 9 heteroatoms. The lowest BCUT2D eigenvalue weighted by Gasteiger charge is -2.10. The molecule has 0 aliphatic heterocycles. The number of hydrogen-bond acceptors (Lipinski definition) is 5. The number of hydrogen-bond donors (Lipinski definition) is 1. The summed E-state index contributed by atoms with van der Waals surface area (Å²) in [5, 5.41) is 9.09. The third-order valence-electron chi connectivity index (χ3n) is 5.18. The van der Waals surface area contributed by atoms with E-state index in [0.29, 0.717) is 29.0 Å². The van der Waals surface area contributed by atoms with Crippen LogP contribution in [0.15, 0.2) is 42.5 Å². The highest BCUT2D eigenvalue weighted by Gasteiger charge is 2.34. The molecule has 0 bridgehead atoms. The molecule has 1 heterocycles. The highest BCUT2D eigenvalue weighted by molar-refractivity contribution is 7.15. The predicted octanol–water partition coefficient (Wildman–Crippen LogP) is 6.54. The van der Waals surface area contributed by atoms with Crippen molar-refractivity contribution < 1.29 is 32.6 Å². The second kappa shape index (κ2) is 10.4. The maximum Gasteiger partial charge on any atom is 0.417 e. The van der Waals surface area contributed by atoms with Crippen molar-refractivity contribution in [3.05, 3.63) is 69.7 Å². The number of carboxylic acids is 1. The Hall–Kier alpha value is -3.20. The maximum absolute atomic E-state index is 13.5. The van der Waals surface area contributed by atoms with E-state index in [2.05, 4.69) is 4.98 Å². The second-order valence-electron chi connectivity index (χ2n) is 8.11. The zero-order valence-electron chi connectivity index (χ0n) is 18.9. The van der Waals surface area contributed by atoms with Crippen LogP contribution in [0.4, 0.5) is 13.2 Å². The minimum Gasteiger partial charge on any atom is -0.482 e. The van der Waals surface area contributed by atoms with Gasteiger partial charge < -0.3 is 9.84 Å². The van der Waals surface area contributed by atoms with Crippen molar-refractivity contribution in [2.75, 3.05) is 6.61 Å². The Balaban J connectivity index is 1.83. The molecule has 0 fully saturated rings. The fraction of sp³-hybridized carbons (Fsp3) is 0.320. The van der Waals surface area contributed by atoms with Crippen LogP contribution in [0.5, 0.6) is 5.75 Å². The highest BCUT2D eigenvalue weighted by Crippen LogP contribution is 2.40. The van der Waals surface area contributed by atoms with Crippen molar-refractivity contribution >= 4 is 23.1 Å². The lowest BCUT2D eigenvalue weighted by atomic mass is 10.0. The van der Waals surface area contributed by atoms with Crippen LogP contribution in [0, 0.1) is 6.92 Å². The number of rotatable bonds is 9. The van der Waals surface area contributed by atoms with Gasteiger partial charge in [0.25, 0.3) is 0 Å². The Labute approximate surface area is 199 Å². The van der Waals surface area contributed by atoms with Gasteiger partial charge in [0.05, 0.1) is 11.3 Å². The van der Waals surface area contributed by atoms with Crippen LogP contribution in [0.25, 0.3) is 10.6 Å². The molecule has 0 aliphatic rings. The zero-order valence-corrected chi connectivity index (χ0v) is 19.7. The summed E-state index contributed by atoms with van der Waals surface area (Å²) in [6.45, 7) is 5.05. The van der Waals surface area contributed by atoms with Crippen molar-refractivity contribution in [2.24, 2.45) is 0 Å². The van der Waals surface area contributed by atoms with Gasteiger partial charge in [0.2, 0.25) is 0 Å². The largest absolute Gasteiger partial charge is 0.482 e. The number of ketones is 1. The number of aliphatic carboxylic acids is 1. The number of halogens is 3. The van der Waals surface area contributed by atoms with Crippen molar-refractivity contribution in [3.63, 3.8) is 0 Å². The van der Waals surface area contributed by atoms with Crippen molar-refractivity contribution in [2.45, 2.75) is 45.7 Å². The molecule has 1 N–H and O–H groups in total. The Morgan fingerprint density at radius 2 is 1.85 bits per heavy atom. The lowest BCUT2D eigenvalue weighted by molar-refractivity contribution is -0.139. The average molecular weight is 492 g/mol. The summed E-state index contributed by atoms with van der Waals surface area (Å²) in [7, 11) is 0. The molecule has 0 aliphatic carbocycles. The Bertz CT molecular complexity index is 1200. The summed E-state index contributed by atoms with van der Waals surface area (Å²) in [5.74, 6) is -1.01. The molecule has 34 heavy (non-hydrogen) atoms. The molecule has 3 rings (SSSR count). The first-order valence-electron chi connectivity index (χ1n) is 10.6. The summed E-state index contributed by atoms with van der Waals surface area (Å²) in [6, 6.07) is 10.2. The van der Waals surface area contributed by atoms with Gasteiger partial charge in [-0.05, 0) is 37.0 Å². The molecule has 180 valence electrons. The summed E-state index contributed by atoms with van der Waals surface area (Å²) in [5.41, 5.74) is 1.05. The van der Waals surface area contributed by atoms with Gasteiger partial charge in [0.1, 0.15) is 10.8 Å². The highest BCUT2D eigenvalue weighted by atomic mass is 32.1. The average Bonchev–Trinajstić information content (AvgIpc) is 3.21. The fourth-order valence-corrected chi connectivity index (χ4v) is 4.72. The monoisotopic (exact) mass is 491 g/mol. The Kier molecular flexibility index (Phi) is 7.76. The minimum absolute atomic E-state index is 0.0245. The number of Topliss-reactive ketones (excluding diaryl/α,β-unsaturated/α-hetero) is 1. The fourth-order valence-electron chi connectivity index (χ4n) is 3.47. The van der Waals surface area contributed by atoms with Crippen LogP contribution >= 0.6 is 11.3 Å². The first-order valence-corrected chi connectivity index (χ1v) is 11.4. The number of nitrogens with zero attached hydrogens (tertiary/aromatic N) is 1. The number of carbonyl (C=O) groups is 2. The van der Waals surface area contributed by atoms with Crippen molar-refractivity contribution in [3.8, 4) is 16.3 Å². The molecule has 5 nitrogen and oxygen atoms in total. The topological polar surface area (TPSA) is 76.5 Å². The van der Waals surface area contributed by atoms with Crippen LogP contribution < -0.4 is 4.74 Å². The molecule has 3 aromatic rings. The molecule has 0 saturated carbocycles. The van der Waals surface area contributed by atoms with E-state index in [9.17, 15) is 22.8 Å². The molecule has 0 radical (unpaired) electrons. The molecular weight excluding hydrogens is 467 g/mol. The number of carbonyl (C=O) groups excluding carboxylic acids is 1. The molecule has 0 spiro atoms. The van der Waals surface area contributed by atoms with E-state index in [-0.39, 0.29) is 28.7 Å². The molecule has 1 aromatic heterocycles. The van der Waals surface area contributed by atoms with Crippen molar-refractivity contribution in [1.82, 2.24) is 4.98 Å². The number of alkyl halides is 3. The van der Waals surface area contributed by atoms with E-state index in [1.807, 2.05) is 13.8 Å². The normalized spacial score (nSPS) is 11.6. The van der Waals surface area contributed by atoms with E-state index in [0.717, 1.165) is 10.9 Å². The second-order valence-corrected chi connectivity index (χ2v) is 9.19. The third-order valence-corrected chi connectivity index (χ3v) is 6.34. The minimum atomic E-state index is -4.50. The number of thiazole rings is 1. The number of carboxylic acid groups (broad SMARTS) is 1. The molecule has 0 saturated heterocycles. The van der Waals surface area contributed by atoms with E-state index in [1.165, 1.54) is 29.5 Å². The van der Waals surface area contributed by atoms with Gasteiger partial charge in [-0.1, -0.05) is 44.2 Å². The number of ether oxygens (including phenoxy) is 1. The van der Waals surface area contributed by atoms with Crippen LogP contribution in [-0.2, 0) is 17.4 Å². The standard InChI is InChI=1S/C25H24F3NO4S/c1-14(2)23-21(34-24(29-23)17-6-4-5-7-18(17)25(26,27)28)11-10-19(30)16-9-8-15(3)20(12-16)33-13-22(31)32/h4-9,12,14H,10-11,13H2,1-3H3,(H,31,32). The summed E-state index contributed by atoms with van der Waals surface area (Å²) in [6.07, 6.45) is -4.04. The van der Waals surface area contributed by atoms with Crippen LogP contribution in [0.1, 0.15) is 58.2 Å². The van der Waals surface area contributed by atoms with Crippen LogP contribution in [0.2, 0.25) is 0 Å². The van der Waals surface area contributed by atoms with Gasteiger partial charge in [0.15, 0.2) is 12.4 Å². The summed E-state index contributed by atoms with van der Waals surface area (Å²) >= 11 is 1.17. The Morgan fingerprint density at radius 3 is 2.50 bits per heavy atom. The Morgan fingerprint density at radius 1 is 1.15 bits per heavy atom. The van der Waals surface area contributed by atoms with E-state index >= 15 is 0 Å². The third kappa shape index (κ3) is 6.02. The van der Waals surface area contributed by atoms with Gasteiger partial charge in [-0.2, -0.15) is 13.2 Å². The van der Waals surface area contributed by atoms with E-state index in [1.54, 1.807) is 25.1 Å². The quantitative estimate of drug-likeness (QED) is 0.344. The van der Waals surface area contributed by atoms with Gasteiger partial charge in [-0.15, -0.1) is 11.3 Å². The van der Waals surface area contributed by atoms with Gasteiger partial charge in [-0.3, -0.25) is 4.79 Å². The zero-order chi connectivity index (χ0) is 25.0. The summed E-state index contributed by atoms with van der Waals surface area (Å²) < 4.78 is 45.7. The van der Waals surface area contributed by atoms with Gasteiger partial charge in [0, 0.05) is 22.4 Å². The number of aromatic nitrogens is 1. The summed E-state index contributed by atoms with van der Waals surface area (Å²) in [4.78, 5) is 28.9. The number of benzene rings is 2. The molecular formula is C25H24F3NO4S. The van der Waals surface area contributed by atoms with E-state index in [4.69, 9.17) is 9.84 Å². The number of aryl methyl sites for hydroxylation is 2. The molecule has 2 aromatic carbocycles. The van der Waals surface area contributed by atoms with Crippen LogP contribution in [0.3, 0.4) is 0 Å². The molecule has 0 amide bonds. The van der Waals surface area contributed by atoms with Crippen molar-refractivity contribution in [1.29, 1.82) is 0 Å². The lowest BCUT2D eigenvalue weighted by Crippen LogP contribution is -2.11. The van der Waals surface area contributed by atoms with Crippen LogP contribution in [-0.4, -0.2) is 28.4 Å². The molecule has 0 unspecified atom stereocenters. The van der Waals surface area contributed by atoms with E-state index < -0.39 is 24.3 Å². The molecule has 0 atom stereocenters. The van der Waals surface area contributed by atoms with Gasteiger partial charge in [-0.25, -0.2) is 9.78 Å². The first kappa shape index (κ1) is 25.4.